The molecule has 2 N–H and O–H groups in total. The second-order valence-corrected chi connectivity index (χ2v) is 6.76. The van der Waals surface area contributed by atoms with Gasteiger partial charge in [0.05, 0.1) is 6.10 Å². The third kappa shape index (κ3) is 5.13. The number of phenols is 2. The van der Waals surface area contributed by atoms with Crippen molar-refractivity contribution in [2.75, 3.05) is 13.2 Å². The summed E-state index contributed by atoms with van der Waals surface area (Å²) < 4.78 is 10.7. The van der Waals surface area contributed by atoms with Crippen LogP contribution in [0.25, 0.3) is 0 Å². The first-order valence-corrected chi connectivity index (χ1v) is 8.18. The standard InChI is InChI=1S/C18H26O5/c1-18(2,15-11-13(19)7-8-16(15)20)9-3-6-17(21)23-12-14-5-4-10-22-14/h7-8,11,14,19-20H,3-6,9-10,12H2,1-2H3. The van der Waals surface area contributed by atoms with Gasteiger partial charge in [0.25, 0.3) is 0 Å². The van der Waals surface area contributed by atoms with Crippen molar-refractivity contribution in [2.45, 2.75) is 57.5 Å². The highest BCUT2D eigenvalue weighted by Crippen LogP contribution is 2.36. The molecule has 1 heterocycles. The van der Waals surface area contributed by atoms with Gasteiger partial charge in [0, 0.05) is 18.6 Å². The lowest BCUT2D eigenvalue weighted by Gasteiger charge is -2.26. The highest BCUT2D eigenvalue weighted by atomic mass is 16.6. The Kier molecular flexibility index (Phi) is 5.88. The maximum atomic E-state index is 11.8. The van der Waals surface area contributed by atoms with Crippen molar-refractivity contribution in [3.63, 3.8) is 0 Å². The Morgan fingerprint density at radius 3 is 2.87 bits per heavy atom. The van der Waals surface area contributed by atoms with Gasteiger partial charge in [0.15, 0.2) is 0 Å². The van der Waals surface area contributed by atoms with Crippen LogP contribution in [0.4, 0.5) is 0 Å². The molecule has 0 bridgehead atoms. The molecule has 1 aliphatic rings. The van der Waals surface area contributed by atoms with Crippen LogP contribution in [0.1, 0.15) is 51.5 Å². The van der Waals surface area contributed by atoms with Crippen molar-refractivity contribution in [3.8, 4) is 11.5 Å². The van der Waals surface area contributed by atoms with Crippen LogP contribution in [0.5, 0.6) is 11.5 Å². The number of phenolic OH excluding ortho intramolecular Hbond substituents is 2. The van der Waals surface area contributed by atoms with E-state index in [1.54, 1.807) is 6.07 Å². The number of carbonyl (C=O) groups is 1. The van der Waals surface area contributed by atoms with E-state index in [2.05, 4.69) is 0 Å². The molecule has 5 nitrogen and oxygen atoms in total. The molecule has 1 aromatic rings. The van der Waals surface area contributed by atoms with Gasteiger partial charge in [-0.15, -0.1) is 0 Å². The van der Waals surface area contributed by atoms with Crippen LogP contribution in [0.2, 0.25) is 0 Å². The summed E-state index contributed by atoms with van der Waals surface area (Å²) in [6.07, 6.45) is 3.75. The third-order valence-electron chi connectivity index (χ3n) is 4.35. The molecular formula is C18H26O5. The lowest BCUT2D eigenvalue weighted by molar-refractivity contribution is -0.147. The molecule has 0 aliphatic carbocycles. The lowest BCUT2D eigenvalue weighted by atomic mass is 9.79. The minimum absolute atomic E-state index is 0.0552. The Bertz CT molecular complexity index is 532. The van der Waals surface area contributed by atoms with Gasteiger partial charge < -0.3 is 19.7 Å². The fourth-order valence-corrected chi connectivity index (χ4v) is 2.91. The second kappa shape index (κ2) is 7.68. The fourth-order valence-electron chi connectivity index (χ4n) is 2.91. The Morgan fingerprint density at radius 2 is 2.17 bits per heavy atom. The van der Waals surface area contributed by atoms with E-state index in [9.17, 15) is 15.0 Å². The monoisotopic (exact) mass is 322 g/mol. The van der Waals surface area contributed by atoms with Crippen molar-refractivity contribution in [1.29, 1.82) is 0 Å². The first kappa shape index (κ1) is 17.6. The number of aromatic hydroxyl groups is 2. The van der Waals surface area contributed by atoms with E-state index in [1.807, 2.05) is 13.8 Å². The molecule has 23 heavy (non-hydrogen) atoms. The average Bonchev–Trinajstić information content (AvgIpc) is 3.00. The maximum absolute atomic E-state index is 11.8. The Hall–Kier alpha value is -1.75. The first-order chi connectivity index (χ1) is 10.9. The van der Waals surface area contributed by atoms with Crippen molar-refractivity contribution >= 4 is 5.97 Å². The van der Waals surface area contributed by atoms with Gasteiger partial charge in [0.2, 0.25) is 0 Å². The number of esters is 1. The van der Waals surface area contributed by atoms with Gasteiger partial charge in [-0.1, -0.05) is 13.8 Å². The topological polar surface area (TPSA) is 76.0 Å². The van der Waals surface area contributed by atoms with Crippen LogP contribution in [0, 0.1) is 0 Å². The van der Waals surface area contributed by atoms with E-state index in [0.29, 0.717) is 31.4 Å². The number of hydrogen-bond donors (Lipinski definition) is 2. The number of ether oxygens (including phenoxy) is 2. The molecule has 0 amide bonds. The van der Waals surface area contributed by atoms with Crippen LogP contribution in [0.15, 0.2) is 18.2 Å². The largest absolute Gasteiger partial charge is 0.508 e. The predicted molar refractivity (Wildman–Crippen MR) is 86.6 cm³/mol. The normalized spacial score (nSPS) is 18.1. The molecular weight excluding hydrogens is 296 g/mol. The number of carbonyl (C=O) groups excluding carboxylic acids is 1. The molecule has 1 unspecified atom stereocenters. The third-order valence-corrected chi connectivity index (χ3v) is 4.35. The van der Waals surface area contributed by atoms with Gasteiger partial charge in [-0.05, 0) is 49.3 Å². The molecule has 128 valence electrons. The maximum Gasteiger partial charge on any atom is 0.305 e. The molecule has 2 rings (SSSR count). The SMILES string of the molecule is CC(C)(CCCC(=O)OCC1CCCO1)c1cc(O)ccc1O. The van der Waals surface area contributed by atoms with Crippen molar-refractivity contribution in [1.82, 2.24) is 0 Å². The molecule has 0 radical (unpaired) electrons. The summed E-state index contributed by atoms with van der Waals surface area (Å²) in [6, 6.07) is 4.52. The van der Waals surface area contributed by atoms with E-state index in [4.69, 9.17) is 9.47 Å². The van der Waals surface area contributed by atoms with E-state index in [1.165, 1.54) is 12.1 Å². The van der Waals surface area contributed by atoms with Gasteiger partial charge in [-0.25, -0.2) is 0 Å². The Labute approximate surface area is 137 Å². The summed E-state index contributed by atoms with van der Waals surface area (Å²) in [4.78, 5) is 11.8. The fraction of sp³-hybridized carbons (Fsp3) is 0.611. The summed E-state index contributed by atoms with van der Waals surface area (Å²) in [5, 5.41) is 19.6. The Balaban J connectivity index is 1.77. The summed E-state index contributed by atoms with van der Waals surface area (Å²) in [5.41, 5.74) is 0.350. The zero-order chi connectivity index (χ0) is 16.9. The summed E-state index contributed by atoms with van der Waals surface area (Å²) in [5.74, 6) is 0.0760. The zero-order valence-corrected chi connectivity index (χ0v) is 13.9. The van der Waals surface area contributed by atoms with Crippen molar-refractivity contribution < 1.29 is 24.5 Å². The number of rotatable bonds is 7. The quantitative estimate of drug-likeness (QED) is 0.595. The van der Waals surface area contributed by atoms with E-state index >= 15 is 0 Å². The van der Waals surface area contributed by atoms with Gasteiger partial charge in [-0.3, -0.25) is 4.79 Å². The molecule has 1 saturated heterocycles. The second-order valence-electron chi connectivity index (χ2n) is 6.76. The summed E-state index contributed by atoms with van der Waals surface area (Å²) >= 11 is 0. The zero-order valence-electron chi connectivity index (χ0n) is 13.9. The van der Waals surface area contributed by atoms with Crippen LogP contribution in [-0.4, -0.2) is 35.5 Å². The minimum atomic E-state index is -0.336. The van der Waals surface area contributed by atoms with Crippen molar-refractivity contribution in [2.24, 2.45) is 0 Å². The van der Waals surface area contributed by atoms with E-state index < -0.39 is 0 Å². The van der Waals surface area contributed by atoms with Crippen LogP contribution < -0.4 is 0 Å². The number of benzene rings is 1. The molecule has 1 fully saturated rings. The van der Waals surface area contributed by atoms with Gasteiger partial charge in [0.1, 0.15) is 18.1 Å². The first-order valence-electron chi connectivity index (χ1n) is 8.18. The highest BCUT2D eigenvalue weighted by molar-refractivity contribution is 5.69. The number of hydrogen-bond acceptors (Lipinski definition) is 5. The molecule has 0 spiro atoms. The molecule has 0 aromatic heterocycles. The smallest absolute Gasteiger partial charge is 0.305 e. The lowest BCUT2D eigenvalue weighted by Crippen LogP contribution is -2.20. The summed E-state index contributed by atoms with van der Waals surface area (Å²) in [7, 11) is 0. The van der Waals surface area contributed by atoms with Gasteiger partial charge in [-0.2, -0.15) is 0 Å². The average molecular weight is 322 g/mol. The van der Waals surface area contributed by atoms with Crippen LogP contribution >= 0.6 is 0 Å². The van der Waals surface area contributed by atoms with E-state index in [0.717, 1.165) is 19.4 Å². The van der Waals surface area contributed by atoms with E-state index in [-0.39, 0.29) is 29.0 Å². The molecule has 1 aliphatic heterocycles. The Morgan fingerprint density at radius 1 is 1.39 bits per heavy atom. The molecule has 1 atom stereocenters. The van der Waals surface area contributed by atoms with Crippen LogP contribution in [-0.2, 0) is 19.7 Å². The molecule has 5 heteroatoms. The van der Waals surface area contributed by atoms with Gasteiger partial charge >= 0.3 is 5.97 Å². The predicted octanol–water partition coefficient (Wildman–Crippen LogP) is 3.27. The molecule has 0 saturated carbocycles. The highest BCUT2D eigenvalue weighted by Gasteiger charge is 2.25. The summed E-state index contributed by atoms with van der Waals surface area (Å²) in [6.45, 7) is 5.07. The van der Waals surface area contributed by atoms with Crippen molar-refractivity contribution in [3.05, 3.63) is 23.8 Å². The molecule has 1 aromatic carbocycles. The van der Waals surface area contributed by atoms with Crippen LogP contribution in [0.3, 0.4) is 0 Å². The minimum Gasteiger partial charge on any atom is -0.508 e.